The molecule has 0 aromatic rings. The Bertz CT molecular complexity index is 1510. The van der Waals surface area contributed by atoms with E-state index in [2.05, 4.69) is 74.7 Å². The number of nitrogens with one attached hydrogen (secondary N) is 1. The zero-order chi connectivity index (χ0) is 57.5. The predicted molar refractivity (Wildman–Crippen MR) is 329 cm³/mol. The van der Waals surface area contributed by atoms with Crippen LogP contribution < -0.4 is 5.32 Å². The quantitative estimate of drug-likeness (QED) is 0.0195. The Kier molecular flexibility index (Phi) is 52.6. The van der Waals surface area contributed by atoms with Gasteiger partial charge in [0.2, 0.25) is 5.91 Å². The number of aliphatic hydroxyl groups excluding tert-OH is 5. The third kappa shape index (κ3) is 43.7. The lowest BCUT2D eigenvalue weighted by molar-refractivity contribution is -0.305. The highest BCUT2D eigenvalue weighted by molar-refractivity contribution is 5.80. The molecule has 1 fully saturated rings. The van der Waals surface area contributed by atoms with Gasteiger partial charge in [-0.2, -0.15) is 0 Å². The summed E-state index contributed by atoms with van der Waals surface area (Å²) in [6.07, 6.45) is 59.8. The van der Waals surface area contributed by atoms with Crippen LogP contribution in [0, 0.1) is 0 Å². The van der Waals surface area contributed by atoms with Crippen molar-refractivity contribution in [2.24, 2.45) is 0 Å². The molecule has 1 aliphatic heterocycles. The molecule has 0 aliphatic carbocycles. The number of esters is 1. The topological polar surface area (TPSA) is 175 Å². The number of rotatable bonds is 56. The van der Waals surface area contributed by atoms with Gasteiger partial charge in [0.25, 0.3) is 0 Å². The number of carbonyl (C=O) groups is 2. The van der Waals surface area contributed by atoms with Crippen LogP contribution >= 0.6 is 0 Å². The summed E-state index contributed by atoms with van der Waals surface area (Å²) in [7, 11) is 0. The monoisotopic (exact) mass is 1110 g/mol. The number of ether oxygens (including phenoxy) is 3. The van der Waals surface area contributed by atoms with Gasteiger partial charge in [-0.3, -0.25) is 9.59 Å². The summed E-state index contributed by atoms with van der Waals surface area (Å²) >= 11 is 0. The van der Waals surface area contributed by atoms with Crippen molar-refractivity contribution in [1.82, 2.24) is 5.32 Å². The molecular formula is C68H123NO10. The average molecular weight is 1110 g/mol. The second kappa shape index (κ2) is 55.9. The molecule has 1 rings (SSSR count). The van der Waals surface area contributed by atoms with Crippen LogP contribution in [0.15, 0.2) is 60.8 Å². The molecule has 0 spiro atoms. The number of carbonyl (C=O) groups excluding carboxylic acids is 2. The van der Waals surface area contributed by atoms with E-state index < -0.39 is 67.4 Å². The number of hydrogen-bond acceptors (Lipinski definition) is 10. The van der Waals surface area contributed by atoms with Crippen molar-refractivity contribution in [2.75, 3.05) is 13.2 Å². The van der Waals surface area contributed by atoms with Crippen LogP contribution in [0.2, 0.25) is 0 Å². The second-order valence-electron chi connectivity index (χ2n) is 22.9. The molecule has 8 unspecified atom stereocenters. The molecule has 0 bridgehead atoms. The Morgan fingerprint density at radius 2 is 0.873 bits per heavy atom. The third-order valence-corrected chi connectivity index (χ3v) is 15.4. The van der Waals surface area contributed by atoms with E-state index in [0.29, 0.717) is 19.3 Å². The molecule has 0 aromatic carbocycles. The van der Waals surface area contributed by atoms with E-state index in [4.69, 9.17) is 14.2 Å². The Labute approximate surface area is 484 Å². The van der Waals surface area contributed by atoms with Crippen molar-refractivity contribution in [3.63, 3.8) is 0 Å². The van der Waals surface area contributed by atoms with Gasteiger partial charge >= 0.3 is 5.97 Å². The van der Waals surface area contributed by atoms with Crippen LogP contribution in [0.3, 0.4) is 0 Å². The van der Waals surface area contributed by atoms with Crippen molar-refractivity contribution in [2.45, 2.75) is 346 Å². The van der Waals surface area contributed by atoms with E-state index in [1.807, 2.05) is 6.08 Å². The van der Waals surface area contributed by atoms with Crippen molar-refractivity contribution in [3.8, 4) is 0 Å². The maximum atomic E-state index is 13.4. The summed E-state index contributed by atoms with van der Waals surface area (Å²) < 4.78 is 17.6. The minimum atomic E-state index is -1.61. The normalized spacial score (nSPS) is 19.2. The second-order valence-corrected chi connectivity index (χ2v) is 22.9. The summed E-state index contributed by atoms with van der Waals surface area (Å²) in [6.45, 7) is 5.76. The standard InChI is InChI=1S/C68H123NO10/c1-4-7-10-13-16-19-22-24-25-26-27-28-29-30-31-32-33-34-35-36-37-39-41-44-47-50-53-56-63(73)79-66-65(75)64(74)62(57-70)78-68(66)77-58-59(60(71)54-51-48-45-43-40-38-23-20-17-14-11-8-5-2)69-67(76)61(72)55-52-49-46-42-21-18-15-12-9-6-3/h16,19,24-25,27-28,30-31,51,54,59-62,64-66,68,70-72,74-75H,4-15,17-18,20-23,26,29,32-50,52-53,55-58H2,1-3H3,(H,69,76)/b19-16-,25-24-,28-27-,31-30-,54-51+. The first kappa shape index (κ1) is 74.4. The number of allylic oxidation sites excluding steroid dienone is 9. The highest BCUT2D eigenvalue weighted by Crippen LogP contribution is 2.26. The smallest absolute Gasteiger partial charge is 0.306 e. The van der Waals surface area contributed by atoms with Gasteiger partial charge in [-0.15, -0.1) is 0 Å². The average Bonchev–Trinajstić information content (AvgIpc) is 3.47. The Balaban J connectivity index is 2.55. The SMILES string of the molecule is CCCCC/C=C\C/C=C\C/C=C\C/C=C\CCCCCCCCCCCCCC(=O)OC1C(OCC(NC(=O)C(O)CCCCCCCCCCCC)C(O)/C=C/CCCCCCCCCCCCC)OC(CO)C(O)C1O. The van der Waals surface area contributed by atoms with Crippen molar-refractivity contribution >= 4 is 11.9 Å². The summed E-state index contributed by atoms with van der Waals surface area (Å²) in [5.74, 6) is -1.19. The van der Waals surface area contributed by atoms with Crippen molar-refractivity contribution in [1.29, 1.82) is 0 Å². The van der Waals surface area contributed by atoms with Gasteiger partial charge < -0.3 is 45.1 Å². The maximum Gasteiger partial charge on any atom is 0.306 e. The van der Waals surface area contributed by atoms with Crippen molar-refractivity contribution < 1.29 is 49.3 Å². The summed E-state index contributed by atoms with van der Waals surface area (Å²) in [6, 6.07) is -1.02. The van der Waals surface area contributed by atoms with E-state index >= 15 is 0 Å². The van der Waals surface area contributed by atoms with E-state index in [1.165, 1.54) is 167 Å². The molecule has 1 heterocycles. The fourth-order valence-electron chi connectivity index (χ4n) is 10.2. The molecule has 460 valence electrons. The molecule has 11 heteroatoms. The van der Waals surface area contributed by atoms with Gasteiger partial charge in [-0.1, -0.05) is 281 Å². The van der Waals surface area contributed by atoms with Crippen LogP contribution in [0.25, 0.3) is 0 Å². The van der Waals surface area contributed by atoms with Crippen LogP contribution in [0.1, 0.15) is 297 Å². The zero-order valence-electron chi connectivity index (χ0n) is 51.0. The minimum absolute atomic E-state index is 0.120. The molecule has 11 nitrogen and oxygen atoms in total. The lowest BCUT2D eigenvalue weighted by Gasteiger charge is -2.41. The lowest BCUT2D eigenvalue weighted by atomic mass is 9.99. The molecule has 0 aromatic heterocycles. The van der Waals surface area contributed by atoms with E-state index in [-0.39, 0.29) is 13.0 Å². The summed E-state index contributed by atoms with van der Waals surface area (Å²) in [5.41, 5.74) is 0. The summed E-state index contributed by atoms with van der Waals surface area (Å²) in [5, 5.41) is 57.0. The molecule has 1 amide bonds. The zero-order valence-corrected chi connectivity index (χ0v) is 51.0. The highest BCUT2D eigenvalue weighted by Gasteiger charge is 2.47. The Morgan fingerprint density at radius 1 is 0.494 bits per heavy atom. The van der Waals surface area contributed by atoms with E-state index in [1.54, 1.807) is 6.08 Å². The lowest BCUT2D eigenvalue weighted by Crippen LogP contribution is -2.61. The van der Waals surface area contributed by atoms with E-state index in [9.17, 15) is 35.1 Å². The van der Waals surface area contributed by atoms with Gasteiger partial charge in [0.15, 0.2) is 12.4 Å². The molecule has 1 aliphatic rings. The first-order valence-corrected chi connectivity index (χ1v) is 33.1. The first-order valence-electron chi connectivity index (χ1n) is 33.1. The van der Waals surface area contributed by atoms with Gasteiger partial charge in [0.05, 0.1) is 25.4 Å². The molecular weight excluding hydrogens is 991 g/mol. The van der Waals surface area contributed by atoms with E-state index in [0.717, 1.165) is 83.5 Å². The summed E-state index contributed by atoms with van der Waals surface area (Å²) in [4.78, 5) is 26.5. The fourth-order valence-corrected chi connectivity index (χ4v) is 10.2. The van der Waals surface area contributed by atoms with Crippen LogP contribution in [0.4, 0.5) is 0 Å². The minimum Gasteiger partial charge on any atom is -0.454 e. The molecule has 79 heavy (non-hydrogen) atoms. The largest absolute Gasteiger partial charge is 0.454 e. The number of hydrogen-bond donors (Lipinski definition) is 6. The molecule has 1 saturated heterocycles. The molecule has 0 radical (unpaired) electrons. The predicted octanol–water partition coefficient (Wildman–Crippen LogP) is 16.2. The number of amides is 1. The van der Waals surface area contributed by atoms with Gasteiger partial charge in [-0.05, 0) is 70.6 Å². The van der Waals surface area contributed by atoms with Gasteiger partial charge in [0.1, 0.15) is 24.4 Å². The van der Waals surface area contributed by atoms with Crippen LogP contribution in [-0.2, 0) is 23.8 Å². The molecule has 6 N–H and O–H groups in total. The Morgan fingerprint density at radius 3 is 1.33 bits per heavy atom. The number of unbranched alkanes of at least 4 members (excludes halogenated alkanes) is 34. The maximum absolute atomic E-state index is 13.4. The highest BCUT2D eigenvalue weighted by atomic mass is 16.7. The first-order chi connectivity index (χ1) is 38.7. The molecule has 0 saturated carbocycles. The third-order valence-electron chi connectivity index (χ3n) is 15.4. The fraction of sp³-hybridized carbons (Fsp3) is 0.824. The van der Waals surface area contributed by atoms with Crippen LogP contribution in [-0.4, -0.2) is 99.6 Å². The Hall–Kier alpha value is -2.64. The van der Waals surface area contributed by atoms with Gasteiger partial charge in [0, 0.05) is 6.42 Å². The van der Waals surface area contributed by atoms with Crippen molar-refractivity contribution in [3.05, 3.63) is 60.8 Å². The molecule has 8 atom stereocenters. The van der Waals surface area contributed by atoms with Gasteiger partial charge in [-0.25, -0.2) is 0 Å². The van der Waals surface area contributed by atoms with Crippen LogP contribution in [0.5, 0.6) is 0 Å². The number of aliphatic hydroxyl groups is 5.